The van der Waals surface area contributed by atoms with Gasteiger partial charge in [-0.15, -0.1) is 0 Å². The predicted molar refractivity (Wildman–Crippen MR) is 101 cm³/mol. The average Bonchev–Trinajstić information content (AvgIpc) is 2.68. The number of anilines is 1. The molecule has 0 radical (unpaired) electrons. The van der Waals surface area contributed by atoms with E-state index in [9.17, 15) is 14.0 Å². The number of urea groups is 1. The fraction of sp³-hybridized carbons (Fsp3) is 0.0500. The average molecular weight is 384 g/mol. The maximum absolute atomic E-state index is 13.3. The van der Waals surface area contributed by atoms with Crippen LogP contribution >= 0.6 is 11.6 Å². The van der Waals surface area contributed by atoms with Crippen LogP contribution in [-0.2, 0) is 6.54 Å². The zero-order valence-corrected chi connectivity index (χ0v) is 14.9. The second-order valence-corrected chi connectivity index (χ2v) is 6.07. The minimum absolute atomic E-state index is 0.154. The first-order valence-electron chi connectivity index (χ1n) is 8.06. The molecule has 1 heterocycles. The number of hydrogen-bond donors (Lipinski definition) is 1. The van der Waals surface area contributed by atoms with Gasteiger partial charge in [0, 0.05) is 18.1 Å². The van der Waals surface area contributed by atoms with E-state index in [-0.39, 0.29) is 17.1 Å². The number of imide groups is 1. The van der Waals surface area contributed by atoms with Crippen molar-refractivity contribution in [3.63, 3.8) is 0 Å². The van der Waals surface area contributed by atoms with Crippen molar-refractivity contribution in [1.82, 2.24) is 10.3 Å². The molecule has 136 valence electrons. The SMILES string of the molecule is O=C(NC(=O)N(Cc1cccnc1)c1ccc(F)cc1)c1ccccc1Cl. The number of amides is 3. The summed E-state index contributed by atoms with van der Waals surface area (Å²) in [5.74, 6) is -1.04. The summed E-state index contributed by atoms with van der Waals surface area (Å²) in [6.07, 6.45) is 3.23. The standard InChI is InChI=1S/C20H15ClFN3O2/c21-18-6-2-1-5-17(18)19(26)24-20(27)25(13-14-4-3-11-23-12-14)16-9-7-15(22)8-10-16/h1-12H,13H2,(H,24,26,27). The van der Waals surface area contributed by atoms with Gasteiger partial charge < -0.3 is 0 Å². The van der Waals surface area contributed by atoms with Crippen LogP contribution < -0.4 is 10.2 Å². The Morgan fingerprint density at radius 3 is 2.44 bits per heavy atom. The molecule has 3 rings (SSSR count). The number of nitrogens with one attached hydrogen (secondary N) is 1. The van der Waals surface area contributed by atoms with Gasteiger partial charge in [0.2, 0.25) is 0 Å². The van der Waals surface area contributed by atoms with Gasteiger partial charge in [0.1, 0.15) is 5.82 Å². The van der Waals surface area contributed by atoms with Crippen LogP contribution in [0.4, 0.5) is 14.9 Å². The summed E-state index contributed by atoms with van der Waals surface area (Å²) in [5, 5.41) is 2.56. The van der Waals surface area contributed by atoms with E-state index >= 15 is 0 Å². The second-order valence-electron chi connectivity index (χ2n) is 5.66. The highest BCUT2D eigenvalue weighted by atomic mass is 35.5. The first-order chi connectivity index (χ1) is 13.0. The van der Waals surface area contributed by atoms with Gasteiger partial charge in [-0.25, -0.2) is 9.18 Å². The summed E-state index contributed by atoms with van der Waals surface area (Å²) in [6.45, 7) is 0.154. The molecular weight excluding hydrogens is 369 g/mol. The number of aromatic nitrogens is 1. The highest BCUT2D eigenvalue weighted by Gasteiger charge is 2.20. The number of rotatable bonds is 4. The number of benzene rings is 2. The van der Waals surface area contributed by atoms with E-state index in [0.29, 0.717) is 5.69 Å². The first kappa shape index (κ1) is 18.5. The molecule has 0 spiro atoms. The Labute approximate surface area is 160 Å². The molecular formula is C20H15ClFN3O2. The van der Waals surface area contributed by atoms with Gasteiger partial charge in [-0.3, -0.25) is 20.0 Å². The van der Waals surface area contributed by atoms with Gasteiger partial charge in [-0.2, -0.15) is 0 Å². The van der Waals surface area contributed by atoms with Gasteiger partial charge in [0.15, 0.2) is 0 Å². The fourth-order valence-electron chi connectivity index (χ4n) is 2.45. The Morgan fingerprint density at radius 1 is 1.04 bits per heavy atom. The largest absolute Gasteiger partial charge is 0.329 e. The molecule has 0 aliphatic rings. The number of halogens is 2. The second kappa shape index (κ2) is 8.42. The molecule has 0 saturated carbocycles. The fourth-order valence-corrected chi connectivity index (χ4v) is 2.67. The third kappa shape index (κ3) is 4.68. The van der Waals surface area contributed by atoms with Gasteiger partial charge in [-0.05, 0) is 48.0 Å². The van der Waals surface area contributed by atoms with Crippen LogP contribution in [-0.4, -0.2) is 16.9 Å². The van der Waals surface area contributed by atoms with Crippen molar-refractivity contribution in [3.05, 3.63) is 95.0 Å². The molecule has 0 unspecified atom stereocenters. The Bertz CT molecular complexity index is 949. The van der Waals surface area contributed by atoms with E-state index < -0.39 is 17.8 Å². The molecule has 0 aliphatic carbocycles. The molecule has 0 bridgehead atoms. The molecule has 1 aromatic heterocycles. The van der Waals surface area contributed by atoms with Gasteiger partial charge >= 0.3 is 6.03 Å². The molecule has 0 atom stereocenters. The van der Waals surface area contributed by atoms with Crippen LogP contribution in [0, 0.1) is 5.82 Å². The van der Waals surface area contributed by atoms with Crippen LogP contribution in [0.2, 0.25) is 5.02 Å². The molecule has 0 aliphatic heterocycles. The minimum atomic E-state index is -0.657. The Morgan fingerprint density at radius 2 is 1.78 bits per heavy atom. The maximum atomic E-state index is 13.3. The van der Waals surface area contributed by atoms with Crippen molar-refractivity contribution in [2.45, 2.75) is 6.54 Å². The lowest BCUT2D eigenvalue weighted by Gasteiger charge is -2.23. The number of nitrogens with zero attached hydrogens (tertiary/aromatic N) is 2. The molecule has 0 saturated heterocycles. The molecule has 3 amide bonds. The third-order valence-corrected chi connectivity index (χ3v) is 4.12. The molecule has 1 N–H and O–H groups in total. The maximum Gasteiger partial charge on any atom is 0.329 e. The molecule has 7 heteroatoms. The third-order valence-electron chi connectivity index (χ3n) is 3.79. The van der Waals surface area contributed by atoms with E-state index in [1.807, 2.05) is 0 Å². The molecule has 27 heavy (non-hydrogen) atoms. The number of pyridine rings is 1. The predicted octanol–water partition coefficient (Wildman–Crippen LogP) is 4.43. The van der Waals surface area contributed by atoms with Gasteiger partial charge in [0.25, 0.3) is 5.91 Å². The van der Waals surface area contributed by atoms with Crippen molar-refractivity contribution in [2.75, 3.05) is 4.90 Å². The summed E-state index contributed by atoms with van der Waals surface area (Å²) in [5.41, 5.74) is 1.37. The Hall–Kier alpha value is -3.25. The smallest absolute Gasteiger partial charge is 0.290 e. The highest BCUT2D eigenvalue weighted by molar-refractivity contribution is 6.34. The summed E-state index contributed by atoms with van der Waals surface area (Å²) in [7, 11) is 0. The van der Waals surface area contributed by atoms with Crippen molar-refractivity contribution in [1.29, 1.82) is 0 Å². The minimum Gasteiger partial charge on any atom is -0.290 e. The topological polar surface area (TPSA) is 62.3 Å². The lowest BCUT2D eigenvalue weighted by molar-refractivity contribution is 0.0965. The molecule has 5 nitrogen and oxygen atoms in total. The molecule has 2 aromatic carbocycles. The number of hydrogen-bond acceptors (Lipinski definition) is 3. The van der Waals surface area contributed by atoms with E-state index in [2.05, 4.69) is 10.3 Å². The van der Waals surface area contributed by atoms with E-state index in [0.717, 1.165) is 5.56 Å². The van der Waals surface area contributed by atoms with Crippen LogP contribution in [0.25, 0.3) is 0 Å². The van der Waals surface area contributed by atoms with E-state index in [1.54, 1.807) is 42.7 Å². The molecule has 3 aromatic rings. The normalized spacial score (nSPS) is 10.3. The molecule has 0 fully saturated rings. The van der Waals surface area contributed by atoms with Crippen LogP contribution in [0.15, 0.2) is 73.1 Å². The van der Waals surface area contributed by atoms with Crippen molar-refractivity contribution >= 4 is 29.2 Å². The van der Waals surface area contributed by atoms with Crippen molar-refractivity contribution in [2.24, 2.45) is 0 Å². The monoisotopic (exact) mass is 383 g/mol. The van der Waals surface area contributed by atoms with Crippen LogP contribution in [0.1, 0.15) is 15.9 Å². The van der Waals surface area contributed by atoms with E-state index in [4.69, 9.17) is 11.6 Å². The van der Waals surface area contributed by atoms with Gasteiger partial charge in [-0.1, -0.05) is 29.8 Å². The van der Waals surface area contributed by atoms with Crippen molar-refractivity contribution < 1.29 is 14.0 Å². The van der Waals surface area contributed by atoms with Crippen LogP contribution in [0.3, 0.4) is 0 Å². The van der Waals surface area contributed by atoms with Crippen molar-refractivity contribution in [3.8, 4) is 0 Å². The van der Waals surface area contributed by atoms with E-state index in [1.165, 1.54) is 35.2 Å². The summed E-state index contributed by atoms with van der Waals surface area (Å²) < 4.78 is 13.3. The first-order valence-corrected chi connectivity index (χ1v) is 8.44. The zero-order valence-electron chi connectivity index (χ0n) is 14.1. The quantitative estimate of drug-likeness (QED) is 0.724. The summed E-state index contributed by atoms with van der Waals surface area (Å²) >= 11 is 6.01. The Kier molecular flexibility index (Phi) is 5.78. The number of carbonyl (C=O) groups is 2. The Balaban J connectivity index is 1.85. The summed E-state index contributed by atoms with van der Waals surface area (Å²) in [6, 6.07) is 14.7. The van der Waals surface area contributed by atoms with Gasteiger partial charge in [0.05, 0.1) is 17.1 Å². The number of carbonyl (C=O) groups excluding carboxylic acids is 2. The lowest BCUT2D eigenvalue weighted by atomic mass is 10.2. The summed E-state index contributed by atoms with van der Waals surface area (Å²) in [4.78, 5) is 30.5. The zero-order chi connectivity index (χ0) is 19.2. The highest BCUT2D eigenvalue weighted by Crippen LogP contribution is 2.19. The lowest BCUT2D eigenvalue weighted by Crippen LogP contribution is -2.42. The van der Waals surface area contributed by atoms with Crippen LogP contribution in [0.5, 0.6) is 0 Å².